The molecule has 12 heteroatoms. The normalized spacial score (nSPS) is 22.3. The Morgan fingerprint density at radius 2 is 1.32 bits per heavy atom. The zero-order valence-electron chi connectivity index (χ0n) is 21.9. The van der Waals surface area contributed by atoms with E-state index < -0.39 is 72.8 Å². The Balaban J connectivity index is 2.51. The predicted molar refractivity (Wildman–Crippen MR) is 128 cm³/mol. The number of carbonyl (C=O) groups excluding carboxylic acids is 6. The Morgan fingerprint density at radius 1 is 0.763 bits per heavy atom. The van der Waals surface area contributed by atoms with Crippen LogP contribution >= 0.6 is 0 Å². The standard InChI is InChI=1S/C26H30O12/c1-13(27)21(14(2)28)11-19-8-7-9-20(10-19)37-26-25(36-18(6)32)24(35-17(5)31)23(34-16(4)30)22(38-26)12-33-15(3)29/h7-11,22-26H,12H2,1-6H3/t22-,23+,24+,25-,26-/m0/s1. The number of ketones is 2. The minimum absolute atomic E-state index is 0.0190. The average molecular weight is 535 g/mol. The minimum Gasteiger partial charge on any atom is -0.463 e. The first-order chi connectivity index (χ1) is 17.8. The van der Waals surface area contributed by atoms with Crippen LogP contribution < -0.4 is 4.74 Å². The highest BCUT2D eigenvalue weighted by Gasteiger charge is 2.53. The molecule has 1 fully saturated rings. The fraction of sp³-hybridized carbons (Fsp3) is 0.462. The van der Waals surface area contributed by atoms with Gasteiger partial charge in [0.2, 0.25) is 12.4 Å². The summed E-state index contributed by atoms with van der Waals surface area (Å²) in [5.74, 6) is -3.60. The zero-order chi connectivity index (χ0) is 28.6. The second kappa shape index (κ2) is 13.5. The highest BCUT2D eigenvalue weighted by molar-refractivity contribution is 6.21. The van der Waals surface area contributed by atoms with Gasteiger partial charge in [-0.3, -0.25) is 28.8 Å². The van der Waals surface area contributed by atoms with Crippen LogP contribution in [0.25, 0.3) is 6.08 Å². The minimum atomic E-state index is -1.42. The summed E-state index contributed by atoms with van der Waals surface area (Å²) >= 11 is 0. The van der Waals surface area contributed by atoms with Crippen molar-refractivity contribution in [1.82, 2.24) is 0 Å². The van der Waals surface area contributed by atoms with Gasteiger partial charge in [0.05, 0.1) is 5.57 Å². The van der Waals surface area contributed by atoms with Gasteiger partial charge in [-0.25, -0.2) is 0 Å². The van der Waals surface area contributed by atoms with E-state index in [1.807, 2.05) is 0 Å². The fourth-order valence-electron chi connectivity index (χ4n) is 3.71. The van der Waals surface area contributed by atoms with Crippen LogP contribution in [-0.4, -0.2) is 72.8 Å². The Hall–Kier alpha value is -4.06. The first-order valence-corrected chi connectivity index (χ1v) is 11.6. The molecule has 0 aliphatic carbocycles. The molecule has 0 amide bonds. The van der Waals surface area contributed by atoms with Crippen molar-refractivity contribution in [2.45, 2.75) is 72.2 Å². The van der Waals surface area contributed by atoms with Crippen molar-refractivity contribution in [3.63, 3.8) is 0 Å². The van der Waals surface area contributed by atoms with Gasteiger partial charge in [0.1, 0.15) is 18.5 Å². The number of Topliss-reactive ketones (excluding diaryl/α,β-unsaturated/α-hetero) is 2. The maximum absolute atomic E-state index is 11.9. The Morgan fingerprint density at radius 3 is 1.84 bits per heavy atom. The van der Waals surface area contributed by atoms with Crippen LogP contribution in [0.4, 0.5) is 0 Å². The lowest BCUT2D eigenvalue weighted by atomic mass is 9.98. The molecule has 38 heavy (non-hydrogen) atoms. The number of ether oxygens (including phenoxy) is 6. The Kier molecular flexibility index (Phi) is 10.7. The lowest BCUT2D eigenvalue weighted by molar-refractivity contribution is -0.288. The number of hydrogen-bond acceptors (Lipinski definition) is 12. The monoisotopic (exact) mass is 534 g/mol. The SMILES string of the molecule is CC(=O)OC[C@@H]1O[C@H](Oc2cccc(C=C(C(C)=O)C(C)=O)c2)[C@@H](OC(C)=O)[C@H](OC(C)=O)[C@@H]1OC(C)=O. The van der Waals surface area contributed by atoms with Crippen LogP contribution in [-0.2, 0) is 52.5 Å². The van der Waals surface area contributed by atoms with Crippen LogP contribution in [0, 0.1) is 0 Å². The van der Waals surface area contributed by atoms with Gasteiger partial charge in [-0.2, -0.15) is 0 Å². The Bertz CT molecular complexity index is 1100. The van der Waals surface area contributed by atoms with Crippen molar-refractivity contribution in [2.24, 2.45) is 0 Å². The summed E-state index contributed by atoms with van der Waals surface area (Å²) in [5.41, 5.74) is 0.433. The third-order valence-electron chi connectivity index (χ3n) is 5.13. The van der Waals surface area contributed by atoms with Crippen LogP contribution in [0.2, 0.25) is 0 Å². The molecular weight excluding hydrogens is 504 g/mol. The van der Waals surface area contributed by atoms with Crippen LogP contribution in [0.1, 0.15) is 47.1 Å². The van der Waals surface area contributed by atoms with Crippen LogP contribution in [0.3, 0.4) is 0 Å². The number of hydrogen-bond donors (Lipinski definition) is 0. The third-order valence-corrected chi connectivity index (χ3v) is 5.13. The second-order valence-electron chi connectivity index (χ2n) is 8.43. The maximum atomic E-state index is 11.9. The van der Waals surface area contributed by atoms with E-state index in [4.69, 9.17) is 28.4 Å². The summed E-state index contributed by atoms with van der Waals surface area (Å²) in [6, 6.07) is 6.25. The number of allylic oxidation sites excluding steroid dienone is 1. The van der Waals surface area contributed by atoms with E-state index in [0.717, 1.165) is 27.7 Å². The largest absolute Gasteiger partial charge is 0.463 e. The maximum Gasteiger partial charge on any atom is 0.303 e. The van der Waals surface area contributed by atoms with Crippen molar-refractivity contribution >= 4 is 41.5 Å². The van der Waals surface area contributed by atoms with E-state index in [1.165, 1.54) is 32.1 Å². The molecule has 0 bridgehead atoms. The molecule has 12 nitrogen and oxygen atoms in total. The highest BCUT2D eigenvalue weighted by Crippen LogP contribution is 2.31. The Labute approximate surface area is 219 Å². The van der Waals surface area contributed by atoms with Crippen molar-refractivity contribution in [2.75, 3.05) is 6.61 Å². The van der Waals surface area contributed by atoms with Crippen molar-refractivity contribution in [3.05, 3.63) is 35.4 Å². The molecule has 0 spiro atoms. The first kappa shape index (κ1) is 30.2. The predicted octanol–water partition coefficient (Wildman–Crippen LogP) is 1.71. The third kappa shape index (κ3) is 8.80. The van der Waals surface area contributed by atoms with Crippen molar-refractivity contribution in [3.8, 4) is 5.75 Å². The fourth-order valence-corrected chi connectivity index (χ4v) is 3.71. The topological polar surface area (TPSA) is 158 Å². The molecule has 1 aliphatic heterocycles. The average Bonchev–Trinajstić information content (AvgIpc) is 2.79. The summed E-state index contributed by atoms with van der Waals surface area (Å²) < 4.78 is 32.9. The molecule has 206 valence electrons. The van der Waals surface area contributed by atoms with E-state index in [-0.39, 0.29) is 11.3 Å². The van der Waals surface area contributed by atoms with Crippen LogP contribution in [0.5, 0.6) is 5.75 Å². The zero-order valence-corrected chi connectivity index (χ0v) is 21.9. The second-order valence-corrected chi connectivity index (χ2v) is 8.43. The van der Waals surface area contributed by atoms with E-state index in [2.05, 4.69) is 0 Å². The molecule has 1 aromatic rings. The summed E-state index contributed by atoms with van der Waals surface area (Å²) in [7, 11) is 0. The number of rotatable bonds is 10. The number of carbonyl (C=O) groups is 6. The van der Waals surface area contributed by atoms with Gasteiger partial charge in [-0.15, -0.1) is 0 Å². The molecule has 0 radical (unpaired) electrons. The summed E-state index contributed by atoms with van der Waals surface area (Å²) in [5, 5.41) is 0. The molecule has 5 atom stereocenters. The van der Waals surface area contributed by atoms with Gasteiger partial charge in [0.25, 0.3) is 0 Å². The van der Waals surface area contributed by atoms with Crippen LogP contribution in [0.15, 0.2) is 29.8 Å². The molecule has 1 aliphatic rings. The van der Waals surface area contributed by atoms with Gasteiger partial charge >= 0.3 is 23.9 Å². The highest BCUT2D eigenvalue weighted by atomic mass is 16.7. The summed E-state index contributed by atoms with van der Waals surface area (Å²) in [6.07, 6.45) is -5.31. The van der Waals surface area contributed by atoms with Crippen molar-refractivity contribution < 1.29 is 57.2 Å². The number of esters is 4. The summed E-state index contributed by atoms with van der Waals surface area (Å²) in [4.78, 5) is 70.8. The lowest BCUT2D eigenvalue weighted by Gasteiger charge is -2.43. The summed E-state index contributed by atoms with van der Waals surface area (Å²) in [6.45, 7) is 6.64. The van der Waals surface area contributed by atoms with E-state index >= 15 is 0 Å². The van der Waals surface area contributed by atoms with E-state index in [1.54, 1.807) is 12.1 Å². The molecule has 1 saturated heterocycles. The number of benzene rings is 1. The molecule has 2 rings (SSSR count). The van der Waals surface area contributed by atoms with Crippen molar-refractivity contribution in [1.29, 1.82) is 0 Å². The molecule has 0 N–H and O–H groups in total. The quantitative estimate of drug-likeness (QED) is 0.141. The van der Waals surface area contributed by atoms with E-state index in [0.29, 0.717) is 5.56 Å². The van der Waals surface area contributed by atoms with Gasteiger partial charge in [-0.1, -0.05) is 12.1 Å². The lowest BCUT2D eigenvalue weighted by Crippen LogP contribution is -2.63. The van der Waals surface area contributed by atoms with Gasteiger partial charge in [0.15, 0.2) is 23.8 Å². The molecule has 1 heterocycles. The molecule has 0 saturated carbocycles. The molecular formula is C26H30O12. The molecule has 0 unspecified atom stereocenters. The first-order valence-electron chi connectivity index (χ1n) is 11.6. The molecule has 0 aromatic heterocycles. The smallest absolute Gasteiger partial charge is 0.303 e. The van der Waals surface area contributed by atoms with Gasteiger partial charge < -0.3 is 28.4 Å². The van der Waals surface area contributed by atoms with Gasteiger partial charge in [0, 0.05) is 27.7 Å². The van der Waals surface area contributed by atoms with E-state index in [9.17, 15) is 28.8 Å². The van der Waals surface area contributed by atoms with Gasteiger partial charge in [-0.05, 0) is 37.6 Å². The molecule has 1 aromatic carbocycles.